The summed E-state index contributed by atoms with van der Waals surface area (Å²) in [6.45, 7) is 13.6. The average molecular weight is 258 g/mol. The van der Waals surface area contributed by atoms with Crippen LogP contribution in [-0.2, 0) is 14.0 Å². The van der Waals surface area contributed by atoms with Crippen molar-refractivity contribution in [1.29, 1.82) is 0 Å². The van der Waals surface area contributed by atoms with Gasteiger partial charge in [0.05, 0.1) is 6.61 Å². The fraction of sp³-hybridized carbons (Fsp3) is 0.923. The lowest BCUT2D eigenvalue weighted by Crippen LogP contribution is -2.47. The molecule has 0 spiro atoms. The van der Waals surface area contributed by atoms with Gasteiger partial charge in [0.15, 0.2) is 8.32 Å². The summed E-state index contributed by atoms with van der Waals surface area (Å²) in [7, 11) is -1.75. The van der Waals surface area contributed by atoms with Crippen LogP contribution in [-0.4, -0.2) is 26.5 Å². The molecule has 100 valence electrons. The molecule has 1 rings (SSSR count). The van der Waals surface area contributed by atoms with E-state index in [1.807, 2.05) is 6.92 Å². The van der Waals surface area contributed by atoms with Crippen molar-refractivity contribution in [1.82, 2.24) is 0 Å². The summed E-state index contributed by atoms with van der Waals surface area (Å²) in [4.78, 5) is 11.3. The number of ether oxygens (including phenoxy) is 1. The predicted molar refractivity (Wildman–Crippen MR) is 71.5 cm³/mol. The van der Waals surface area contributed by atoms with Crippen LogP contribution in [0.4, 0.5) is 0 Å². The molecule has 0 aromatic rings. The van der Waals surface area contributed by atoms with Crippen molar-refractivity contribution in [3.63, 3.8) is 0 Å². The van der Waals surface area contributed by atoms with Crippen molar-refractivity contribution in [3.05, 3.63) is 0 Å². The average Bonchev–Trinajstić information content (AvgIpc) is 2.13. The van der Waals surface area contributed by atoms with Gasteiger partial charge >= 0.3 is 5.97 Å². The SMILES string of the molecule is CC1(CO[Si](C)(C)C(C)(C)C)CCCC(=O)O1. The van der Waals surface area contributed by atoms with E-state index in [9.17, 15) is 4.79 Å². The molecule has 1 fully saturated rings. The van der Waals surface area contributed by atoms with Gasteiger partial charge in [-0.05, 0) is 37.9 Å². The van der Waals surface area contributed by atoms with Crippen LogP contribution >= 0.6 is 0 Å². The Morgan fingerprint density at radius 1 is 1.41 bits per heavy atom. The number of carbonyl (C=O) groups excluding carboxylic acids is 1. The second-order valence-corrected chi connectivity index (χ2v) is 11.6. The minimum absolute atomic E-state index is 0.0856. The molecule has 0 aromatic carbocycles. The van der Waals surface area contributed by atoms with Crippen molar-refractivity contribution in [2.45, 2.75) is 70.7 Å². The zero-order valence-corrected chi connectivity index (χ0v) is 13.1. The number of cyclic esters (lactones) is 1. The predicted octanol–water partition coefficient (Wildman–Crippen LogP) is 3.49. The number of hydrogen-bond donors (Lipinski definition) is 0. The first-order chi connectivity index (χ1) is 7.56. The smallest absolute Gasteiger partial charge is 0.306 e. The molecule has 0 saturated carbocycles. The zero-order valence-electron chi connectivity index (χ0n) is 12.1. The third kappa shape index (κ3) is 3.81. The molecule has 1 aliphatic rings. The lowest BCUT2D eigenvalue weighted by Gasteiger charge is -2.40. The van der Waals surface area contributed by atoms with Gasteiger partial charge in [-0.15, -0.1) is 0 Å². The summed E-state index contributed by atoms with van der Waals surface area (Å²) >= 11 is 0. The van der Waals surface area contributed by atoms with Gasteiger partial charge in [0, 0.05) is 6.42 Å². The second-order valence-electron chi connectivity index (χ2n) is 6.83. The van der Waals surface area contributed by atoms with Crippen LogP contribution < -0.4 is 0 Å². The topological polar surface area (TPSA) is 35.5 Å². The van der Waals surface area contributed by atoms with Gasteiger partial charge in [-0.3, -0.25) is 4.79 Å². The Kier molecular flexibility index (Phi) is 4.09. The van der Waals surface area contributed by atoms with Crippen molar-refractivity contribution in [3.8, 4) is 0 Å². The first kappa shape index (κ1) is 14.7. The lowest BCUT2D eigenvalue weighted by molar-refractivity contribution is -0.168. The van der Waals surface area contributed by atoms with Gasteiger partial charge < -0.3 is 9.16 Å². The van der Waals surface area contributed by atoms with Crippen molar-refractivity contribution in [2.24, 2.45) is 0 Å². The minimum Gasteiger partial charge on any atom is -0.457 e. The molecule has 0 aliphatic carbocycles. The van der Waals surface area contributed by atoms with E-state index < -0.39 is 13.9 Å². The van der Waals surface area contributed by atoms with Crippen molar-refractivity contribution >= 4 is 14.3 Å². The van der Waals surface area contributed by atoms with Crippen LogP contribution in [0.3, 0.4) is 0 Å². The molecule has 0 aromatic heterocycles. The molecule has 0 bridgehead atoms. The van der Waals surface area contributed by atoms with E-state index in [4.69, 9.17) is 9.16 Å². The molecule has 1 heterocycles. The maximum atomic E-state index is 11.3. The molecular weight excluding hydrogens is 232 g/mol. The van der Waals surface area contributed by atoms with Gasteiger partial charge in [-0.25, -0.2) is 0 Å². The molecule has 3 nitrogen and oxygen atoms in total. The summed E-state index contributed by atoms with van der Waals surface area (Å²) in [5, 5.41) is 0.196. The van der Waals surface area contributed by atoms with E-state index >= 15 is 0 Å². The Labute approximate surface area is 106 Å². The first-order valence-corrected chi connectivity index (χ1v) is 9.32. The Morgan fingerprint density at radius 3 is 2.47 bits per heavy atom. The number of hydrogen-bond acceptors (Lipinski definition) is 3. The number of rotatable bonds is 3. The highest BCUT2D eigenvalue weighted by molar-refractivity contribution is 6.74. The van der Waals surface area contributed by atoms with Crippen LogP contribution in [0.25, 0.3) is 0 Å². The van der Waals surface area contributed by atoms with E-state index in [1.165, 1.54) is 0 Å². The van der Waals surface area contributed by atoms with Crippen LogP contribution in [0.5, 0.6) is 0 Å². The molecule has 1 aliphatic heterocycles. The minimum atomic E-state index is -1.75. The number of esters is 1. The van der Waals surface area contributed by atoms with Crippen molar-refractivity contribution < 1.29 is 14.0 Å². The standard InChI is InChI=1S/C13H26O3Si/c1-12(2,3)17(5,6)15-10-13(4)9-7-8-11(14)16-13/h7-10H2,1-6H3. The van der Waals surface area contributed by atoms with Gasteiger partial charge in [-0.1, -0.05) is 20.8 Å². The van der Waals surface area contributed by atoms with E-state index in [0.717, 1.165) is 12.8 Å². The quantitative estimate of drug-likeness (QED) is 0.574. The highest BCUT2D eigenvalue weighted by Gasteiger charge is 2.41. The molecule has 0 N–H and O–H groups in total. The zero-order chi connectivity index (χ0) is 13.3. The van der Waals surface area contributed by atoms with Crippen LogP contribution in [0.1, 0.15) is 47.0 Å². The highest BCUT2D eigenvalue weighted by atomic mass is 28.4. The Bertz CT molecular complexity index is 294. The van der Waals surface area contributed by atoms with Gasteiger partial charge in [0.1, 0.15) is 5.60 Å². The van der Waals surface area contributed by atoms with Crippen LogP contribution in [0, 0.1) is 0 Å². The summed E-state index contributed by atoms with van der Waals surface area (Å²) in [5.41, 5.74) is -0.412. The molecular formula is C13H26O3Si. The molecule has 1 saturated heterocycles. The summed E-state index contributed by atoms with van der Waals surface area (Å²) in [5.74, 6) is -0.0856. The number of carbonyl (C=O) groups is 1. The molecule has 0 amide bonds. The van der Waals surface area contributed by atoms with Gasteiger partial charge in [0.2, 0.25) is 0 Å². The highest BCUT2D eigenvalue weighted by Crippen LogP contribution is 2.38. The molecule has 17 heavy (non-hydrogen) atoms. The Balaban J connectivity index is 2.58. The Morgan fingerprint density at radius 2 is 2.00 bits per heavy atom. The van der Waals surface area contributed by atoms with E-state index in [2.05, 4.69) is 33.9 Å². The summed E-state index contributed by atoms with van der Waals surface area (Å²) in [6, 6.07) is 0. The third-order valence-corrected chi connectivity index (χ3v) is 8.47. The van der Waals surface area contributed by atoms with E-state index in [-0.39, 0.29) is 11.0 Å². The summed E-state index contributed by atoms with van der Waals surface area (Å²) < 4.78 is 11.6. The molecule has 4 heteroatoms. The van der Waals surface area contributed by atoms with Crippen molar-refractivity contribution in [2.75, 3.05) is 6.61 Å². The van der Waals surface area contributed by atoms with E-state index in [1.54, 1.807) is 0 Å². The fourth-order valence-corrected chi connectivity index (χ4v) is 2.73. The molecule has 1 unspecified atom stereocenters. The van der Waals surface area contributed by atoms with Crippen LogP contribution in [0.2, 0.25) is 18.1 Å². The van der Waals surface area contributed by atoms with Gasteiger partial charge in [-0.2, -0.15) is 0 Å². The van der Waals surface area contributed by atoms with Gasteiger partial charge in [0.25, 0.3) is 0 Å². The van der Waals surface area contributed by atoms with E-state index in [0.29, 0.717) is 13.0 Å². The first-order valence-electron chi connectivity index (χ1n) is 6.42. The molecule has 0 radical (unpaired) electrons. The lowest BCUT2D eigenvalue weighted by atomic mass is 9.97. The maximum Gasteiger partial charge on any atom is 0.306 e. The normalized spacial score (nSPS) is 26.8. The summed E-state index contributed by atoms with van der Waals surface area (Å²) in [6.07, 6.45) is 2.37. The second kappa shape index (κ2) is 4.73. The fourth-order valence-electron chi connectivity index (χ4n) is 1.63. The van der Waals surface area contributed by atoms with Crippen LogP contribution in [0.15, 0.2) is 0 Å². The third-order valence-electron chi connectivity index (χ3n) is 3.99. The monoisotopic (exact) mass is 258 g/mol. The largest absolute Gasteiger partial charge is 0.457 e. The molecule has 1 atom stereocenters. The Hall–Kier alpha value is -0.353. The maximum absolute atomic E-state index is 11.3.